The fraction of sp³-hybridized carbons (Fsp3) is 0.143. The van der Waals surface area contributed by atoms with Gasteiger partial charge >= 0.3 is 0 Å². The molecule has 0 saturated carbocycles. The summed E-state index contributed by atoms with van der Waals surface area (Å²) in [6.07, 6.45) is 0. The van der Waals surface area contributed by atoms with Crippen LogP contribution in [0.25, 0.3) is 0 Å². The number of nitrogens with one attached hydrogen (secondary N) is 1. The molecule has 0 amide bonds. The van der Waals surface area contributed by atoms with E-state index in [9.17, 15) is 12.8 Å². The molecule has 0 atom stereocenters. The van der Waals surface area contributed by atoms with Crippen molar-refractivity contribution in [1.29, 1.82) is 0 Å². The zero-order chi connectivity index (χ0) is 13.9. The molecule has 0 radical (unpaired) electrons. The average molecular weight is 279 g/mol. The first kappa shape index (κ1) is 13.5. The van der Waals surface area contributed by atoms with E-state index in [2.05, 4.69) is 4.72 Å². The second kappa shape index (κ2) is 5.40. The van der Waals surface area contributed by atoms with E-state index in [0.29, 0.717) is 5.69 Å². The molecule has 0 aliphatic carbocycles. The first-order chi connectivity index (χ1) is 8.96. The van der Waals surface area contributed by atoms with Crippen molar-refractivity contribution < 1.29 is 12.8 Å². The van der Waals surface area contributed by atoms with Gasteiger partial charge < -0.3 is 0 Å². The molecule has 1 N–H and O–H groups in total. The summed E-state index contributed by atoms with van der Waals surface area (Å²) in [6.45, 7) is 1.87. The van der Waals surface area contributed by atoms with Crippen LogP contribution in [0.4, 0.5) is 10.1 Å². The summed E-state index contributed by atoms with van der Waals surface area (Å²) in [5.41, 5.74) is 1.59. The van der Waals surface area contributed by atoms with E-state index < -0.39 is 15.8 Å². The molecule has 19 heavy (non-hydrogen) atoms. The average Bonchev–Trinajstić information content (AvgIpc) is 2.31. The Hall–Kier alpha value is -1.88. The molecule has 0 aliphatic rings. The summed E-state index contributed by atoms with van der Waals surface area (Å²) in [4.78, 5) is 0. The van der Waals surface area contributed by atoms with Crippen molar-refractivity contribution in [1.82, 2.24) is 0 Å². The highest BCUT2D eigenvalue weighted by Gasteiger charge is 2.14. The van der Waals surface area contributed by atoms with Gasteiger partial charge in [-0.15, -0.1) is 0 Å². The maximum atomic E-state index is 13.4. The van der Waals surface area contributed by atoms with Crippen molar-refractivity contribution in [3.63, 3.8) is 0 Å². The first-order valence-corrected chi connectivity index (χ1v) is 7.42. The molecule has 0 aliphatic heterocycles. The third-order valence-electron chi connectivity index (χ3n) is 2.59. The third kappa shape index (κ3) is 3.79. The molecule has 0 fully saturated rings. The van der Waals surface area contributed by atoms with Gasteiger partial charge in [-0.1, -0.05) is 30.3 Å². The van der Waals surface area contributed by atoms with Crippen LogP contribution >= 0.6 is 0 Å². The molecule has 0 heterocycles. The minimum Gasteiger partial charge on any atom is -0.283 e. The lowest BCUT2D eigenvalue weighted by Gasteiger charge is -2.09. The van der Waals surface area contributed by atoms with Crippen molar-refractivity contribution in [3.05, 3.63) is 65.5 Å². The largest absolute Gasteiger partial charge is 0.283 e. The highest BCUT2D eigenvalue weighted by molar-refractivity contribution is 7.91. The molecule has 0 bridgehead atoms. The van der Waals surface area contributed by atoms with Gasteiger partial charge in [0.2, 0.25) is 10.0 Å². The molecule has 3 nitrogen and oxygen atoms in total. The lowest BCUT2D eigenvalue weighted by Crippen LogP contribution is -2.15. The van der Waals surface area contributed by atoms with E-state index in [1.165, 1.54) is 18.2 Å². The molecule has 0 spiro atoms. The van der Waals surface area contributed by atoms with Crippen molar-refractivity contribution >= 4 is 15.7 Å². The Kier molecular flexibility index (Phi) is 3.85. The minimum absolute atomic E-state index is 0.155. The van der Waals surface area contributed by atoms with Crippen LogP contribution in [0, 0.1) is 12.7 Å². The summed E-state index contributed by atoms with van der Waals surface area (Å²) in [5, 5.41) is 0. The smallest absolute Gasteiger partial charge is 0.237 e. The van der Waals surface area contributed by atoms with Gasteiger partial charge in [0, 0.05) is 11.3 Å². The fourth-order valence-corrected chi connectivity index (χ4v) is 2.95. The number of hydrogen-bond donors (Lipinski definition) is 1. The van der Waals surface area contributed by atoms with Crippen LogP contribution in [0.2, 0.25) is 0 Å². The quantitative estimate of drug-likeness (QED) is 0.935. The normalized spacial score (nSPS) is 11.3. The Morgan fingerprint density at radius 2 is 1.84 bits per heavy atom. The van der Waals surface area contributed by atoms with Crippen molar-refractivity contribution in [2.75, 3.05) is 4.72 Å². The van der Waals surface area contributed by atoms with E-state index in [-0.39, 0.29) is 11.3 Å². The molecule has 2 aromatic carbocycles. The standard InChI is InChI=1S/C14H14FNO2S/c1-11-5-4-7-13(9-11)16-19(17,18)10-12-6-2-3-8-14(12)15/h2-9,16H,10H2,1H3. The third-order valence-corrected chi connectivity index (χ3v) is 3.83. The van der Waals surface area contributed by atoms with Gasteiger partial charge in [0.1, 0.15) is 5.82 Å². The molecule has 0 aromatic heterocycles. The zero-order valence-electron chi connectivity index (χ0n) is 10.4. The van der Waals surface area contributed by atoms with Crippen LogP contribution in [0.15, 0.2) is 48.5 Å². The minimum atomic E-state index is -3.62. The predicted octanol–water partition coefficient (Wildman–Crippen LogP) is 3.08. The van der Waals surface area contributed by atoms with E-state index in [4.69, 9.17) is 0 Å². The number of sulfonamides is 1. The summed E-state index contributed by atoms with van der Waals surface area (Å²) in [7, 11) is -3.62. The van der Waals surface area contributed by atoms with Crippen molar-refractivity contribution in [3.8, 4) is 0 Å². The monoisotopic (exact) mass is 279 g/mol. The first-order valence-electron chi connectivity index (χ1n) is 5.77. The van der Waals surface area contributed by atoms with Gasteiger partial charge in [0.25, 0.3) is 0 Å². The Labute approximate surface area is 112 Å². The maximum absolute atomic E-state index is 13.4. The number of aryl methyl sites for hydroxylation is 1. The van der Waals surface area contributed by atoms with E-state index >= 15 is 0 Å². The molecular formula is C14H14FNO2S. The summed E-state index contributed by atoms with van der Waals surface area (Å²) < 4.78 is 39.8. The van der Waals surface area contributed by atoms with Gasteiger partial charge in [0.15, 0.2) is 0 Å². The fourth-order valence-electron chi connectivity index (χ4n) is 1.74. The Balaban J connectivity index is 2.18. The molecule has 5 heteroatoms. The van der Waals surface area contributed by atoms with Crippen LogP contribution in [0.1, 0.15) is 11.1 Å². The number of rotatable bonds is 4. The molecule has 100 valence electrons. The van der Waals surface area contributed by atoms with Crippen molar-refractivity contribution in [2.45, 2.75) is 12.7 Å². The number of halogens is 1. The van der Waals surface area contributed by atoms with Gasteiger partial charge in [-0.3, -0.25) is 4.72 Å². The Morgan fingerprint density at radius 1 is 1.11 bits per heavy atom. The molecule has 0 saturated heterocycles. The highest BCUT2D eigenvalue weighted by Crippen LogP contribution is 2.15. The summed E-state index contributed by atoms with van der Waals surface area (Å²) in [6, 6.07) is 12.9. The van der Waals surface area contributed by atoms with E-state index in [1.807, 2.05) is 13.0 Å². The predicted molar refractivity (Wildman–Crippen MR) is 73.8 cm³/mol. The SMILES string of the molecule is Cc1cccc(NS(=O)(=O)Cc2ccccc2F)c1. The number of benzene rings is 2. The molecule has 2 aromatic rings. The zero-order valence-corrected chi connectivity index (χ0v) is 11.2. The summed E-state index contributed by atoms with van der Waals surface area (Å²) >= 11 is 0. The van der Waals surface area contributed by atoms with E-state index in [0.717, 1.165) is 5.56 Å². The molecular weight excluding hydrogens is 265 g/mol. The van der Waals surface area contributed by atoms with Crippen molar-refractivity contribution in [2.24, 2.45) is 0 Å². The molecule has 0 unspecified atom stereocenters. The lowest BCUT2D eigenvalue weighted by atomic mass is 10.2. The maximum Gasteiger partial charge on any atom is 0.237 e. The van der Waals surface area contributed by atoms with Gasteiger partial charge in [0.05, 0.1) is 5.75 Å². The summed E-state index contributed by atoms with van der Waals surface area (Å²) in [5.74, 6) is -0.898. The molecule has 2 rings (SSSR count). The lowest BCUT2D eigenvalue weighted by molar-refractivity contribution is 0.591. The van der Waals surface area contributed by atoms with Crippen LogP contribution in [-0.2, 0) is 15.8 Å². The van der Waals surface area contributed by atoms with Crippen LogP contribution < -0.4 is 4.72 Å². The number of anilines is 1. The second-order valence-corrected chi connectivity index (χ2v) is 6.04. The second-order valence-electron chi connectivity index (χ2n) is 4.32. The number of hydrogen-bond acceptors (Lipinski definition) is 2. The highest BCUT2D eigenvalue weighted by atomic mass is 32.2. The topological polar surface area (TPSA) is 46.2 Å². The van der Waals surface area contributed by atoms with Crippen LogP contribution in [0.3, 0.4) is 0 Å². The van der Waals surface area contributed by atoms with Gasteiger partial charge in [-0.25, -0.2) is 12.8 Å². The van der Waals surface area contributed by atoms with E-state index in [1.54, 1.807) is 24.3 Å². The Bertz CT molecular complexity index is 683. The van der Waals surface area contributed by atoms with Crippen LogP contribution in [-0.4, -0.2) is 8.42 Å². The van der Waals surface area contributed by atoms with Crippen LogP contribution in [0.5, 0.6) is 0 Å². The van der Waals surface area contributed by atoms with Gasteiger partial charge in [-0.2, -0.15) is 0 Å². The van der Waals surface area contributed by atoms with Gasteiger partial charge in [-0.05, 0) is 30.7 Å². The Morgan fingerprint density at radius 3 is 2.53 bits per heavy atom.